The van der Waals surface area contributed by atoms with Gasteiger partial charge >= 0.3 is 0 Å². The molecule has 0 fully saturated rings. The molecule has 6 nitrogen and oxygen atoms in total. The summed E-state index contributed by atoms with van der Waals surface area (Å²) in [7, 11) is 0. The second kappa shape index (κ2) is 5.66. The fourth-order valence-corrected chi connectivity index (χ4v) is 1.73. The largest absolute Gasteiger partial charge is 0.456 e. The Morgan fingerprint density at radius 2 is 2.00 bits per heavy atom. The number of hydrogen-bond donors (Lipinski definition) is 1. The second-order valence-electron chi connectivity index (χ2n) is 4.40. The lowest BCUT2D eigenvalue weighted by Gasteiger charge is -2.08. The number of aliphatic hydroxyl groups is 1. The van der Waals surface area contributed by atoms with Crippen molar-refractivity contribution in [1.29, 1.82) is 0 Å². The monoisotopic (exact) mass is 274 g/mol. The van der Waals surface area contributed by atoms with E-state index in [9.17, 15) is 15.2 Å². The normalized spacial score (nSPS) is 11.9. The smallest absolute Gasteiger partial charge is 0.272 e. The average molecular weight is 274 g/mol. The maximum atomic E-state index is 10.7. The molecule has 0 spiro atoms. The standard InChI is InChI=1S/C14H14N2O4/c1-9-7-11(4-6-14(9)16(18)19)20-12-3-5-13(10(2)17)15-8-12/h3-8,10,17H,1-2H3. The lowest BCUT2D eigenvalue weighted by molar-refractivity contribution is -0.385. The number of hydrogen-bond acceptors (Lipinski definition) is 5. The summed E-state index contributed by atoms with van der Waals surface area (Å²) < 4.78 is 5.56. The van der Waals surface area contributed by atoms with Gasteiger partial charge in [0.25, 0.3) is 5.69 Å². The van der Waals surface area contributed by atoms with Crippen LogP contribution in [0, 0.1) is 17.0 Å². The Bertz CT molecular complexity index is 624. The molecule has 2 aromatic rings. The number of benzene rings is 1. The summed E-state index contributed by atoms with van der Waals surface area (Å²) in [6.07, 6.45) is 0.865. The molecule has 1 heterocycles. The van der Waals surface area contributed by atoms with Crippen LogP contribution in [0.3, 0.4) is 0 Å². The molecule has 2 rings (SSSR count). The van der Waals surface area contributed by atoms with Gasteiger partial charge in [0.1, 0.15) is 11.5 Å². The van der Waals surface area contributed by atoms with E-state index in [-0.39, 0.29) is 5.69 Å². The molecule has 1 aromatic carbocycles. The second-order valence-corrected chi connectivity index (χ2v) is 4.40. The number of pyridine rings is 1. The molecule has 0 saturated carbocycles. The number of aliphatic hydroxyl groups excluding tert-OH is 1. The predicted octanol–water partition coefficient (Wildman–Crippen LogP) is 3.14. The molecule has 104 valence electrons. The van der Waals surface area contributed by atoms with E-state index in [4.69, 9.17) is 4.74 Å². The number of nitro groups is 1. The van der Waals surface area contributed by atoms with Gasteiger partial charge in [-0.15, -0.1) is 0 Å². The SMILES string of the molecule is Cc1cc(Oc2ccc(C(C)O)nc2)ccc1[N+](=O)[O-]. The van der Waals surface area contributed by atoms with Crippen molar-refractivity contribution in [2.45, 2.75) is 20.0 Å². The number of aromatic nitrogens is 1. The van der Waals surface area contributed by atoms with Crippen molar-refractivity contribution in [2.24, 2.45) is 0 Å². The Labute approximate surface area is 115 Å². The number of nitro benzene ring substituents is 1. The van der Waals surface area contributed by atoms with Gasteiger partial charge in [-0.3, -0.25) is 15.1 Å². The van der Waals surface area contributed by atoms with Crippen molar-refractivity contribution in [3.05, 3.63) is 57.9 Å². The lowest BCUT2D eigenvalue weighted by atomic mass is 10.2. The number of rotatable bonds is 4. The minimum Gasteiger partial charge on any atom is -0.456 e. The molecule has 0 bridgehead atoms. The Balaban J connectivity index is 2.17. The van der Waals surface area contributed by atoms with Gasteiger partial charge < -0.3 is 9.84 Å². The van der Waals surface area contributed by atoms with Gasteiger partial charge in [0.05, 0.1) is 22.9 Å². The molecule has 1 aromatic heterocycles. The molecular weight excluding hydrogens is 260 g/mol. The van der Waals surface area contributed by atoms with Crippen LogP contribution in [0.1, 0.15) is 24.3 Å². The van der Waals surface area contributed by atoms with E-state index in [0.717, 1.165) is 0 Å². The van der Waals surface area contributed by atoms with Crippen LogP contribution in [0.4, 0.5) is 5.69 Å². The summed E-state index contributed by atoms with van der Waals surface area (Å²) in [6, 6.07) is 7.89. The predicted molar refractivity (Wildman–Crippen MR) is 72.8 cm³/mol. The molecule has 0 amide bonds. The van der Waals surface area contributed by atoms with Gasteiger partial charge in [-0.2, -0.15) is 0 Å². The molecule has 20 heavy (non-hydrogen) atoms. The van der Waals surface area contributed by atoms with Gasteiger partial charge in [-0.05, 0) is 38.1 Å². The van der Waals surface area contributed by atoms with E-state index in [2.05, 4.69) is 4.98 Å². The van der Waals surface area contributed by atoms with E-state index in [0.29, 0.717) is 22.8 Å². The van der Waals surface area contributed by atoms with Crippen LogP contribution >= 0.6 is 0 Å². The molecule has 0 aliphatic carbocycles. The number of nitrogens with zero attached hydrogens (tertiary/aromatic N) is 2. The quantitative estimate of drug-likeness (QED) is 0.683. The van der Waals surface area contributed by atoms with Gasteiger partial charge in [-0.25, -0.2) is 0 Å². The van der Waals surface area contributed by atoms with Crippen LogP contribution in [0.2, 0.25) is 0 Å². The Morgan fingerprint density at radius 3 is 2.50 bits per heavy atom. The molecule has 0 aliphatic rings. The fourth-order valence-electron chi connectivity index (χ4n) is 1.73. The molecular formula is C14H14N2O4. The van der Waals surface area contributed by atoms with E-state index in [1.165, 1.54) is 18.3 Å². The van der Waals surface area contributed by atoms with Gasteiger partial charge in [0.2, 0.25) is 0 Å². The minimum absolute atomic E-state index is 0.0555. The van der Waals surface area contributed by atoms with Crippen LogP contribution in [0.5, 0.6) is 11.5 Å². The first-order chi connectivity index (χ1) is 9.47. The van der Waals surface area contributed by atoms with Crippen LogP contribution in [-0.4, -0.2) is 15.0 Å². The van der Waals surface area contributed by atoms with Gasteiger partial charge in [0, 0.05) is 11.6 Å². The van der Waals surface area contributed by atoms with Gasteiger partial charge in [-0.1, -0.05) is 0 Å². The van der Waals surface area contributed by atoms with Crippen LogP contribution in [0.25, 0.3) is 0 Å². The van der Waals surface area contributed by atoms with Crippen LogP contribution in [0.15, 0.2) is 36.5 Å². The van der Waals surface area contributed by atoms with Crippen molar-refractivity contribution in [3.8, 4) is 11.5 Å². The summed E-state index contributed by atoms with van der Waals surface area (Å²) in [5, 5.41) is 20.1. The maximum absolute atomic E-state index is 10.7. The zero-order valence-electron chi connectivity index (χ0n) is 11.1. The highest BCUT2D eigenvalue weighted by atomic mass is 16.6. The molecule has 0 aliphatic heterocycles. The van der Waals surface area contributed by atoms with Gasteiger partial charge in [0.15, 0.2) is 0 Å². The first-order valence-electron chi connectivity index (χ1n) is 6.04. The zero-order valence-corrected chi connectivity index (χ0v) is 11.1. The Hall–Kier alpha value is -2.47. The van der Waals surface area contributed by atoms with Crippen molar-refractivity contribution >= 4 is 5.69 Å². The van der Waals surface area contributed by atoms with Crippen molar-refractivity contribution in [2.75, 3.05) is 0 Å². The van der Waals surface area contributed by atoms with E-state index >= 15 is 0 Å². The van der Waals surface area contributed by atoms with Crippen molar-refractivity contribution < 1.29 is 14.8 Å². The average Bonchev–Trinajstić information content (AvgIpc) is 2.39. The lowest BCUT2D eigenvalue weighted by Crippen LogP contribution is -1.95. The summed E-state index contributed by atoms with van der Waals surface area (Å²) in [4.78, 5) is 14.4. The number of aryl methyl sites for hydroxylation is 1. The third-order valence-corrected chi connectivity index (χ3v) is 2.79. The van der Waals surface area contributed by atoms with Crippen molar-refractivity contribution in [3.63, 3.8) is 0 Å². The highest BCUT2D eigenvalue weighted by molar-refractivity contribution is 5.45. The summed E-state index contributed by atoms with van der Waals surface area (Å²) in [6.45, 7) is 3.28. The summed E-state index contributed by atoms with van der Waals surface area (Å²) >= 11 is 0. The molecule has 0 saturated heterocycles. The highest BCUT2D eigenvalue weighted by Gasteiger charge is 2.11. The topological polar surface area (TPSA) is 85.5 Å². The minimum atomic E-state index is -0.634. The Kier molecular flexibility index (Phi) is 3.95. The van der Waals surface area contributed by atoms with Crippen molar-refractivity contribution in [1.82, 2.24) is 4.98 Å². The molecule has 0 radical (unpaired) electrons. The molecule has 1 N–H and O–H groups in total. The molecule has 1 unspecified atom stereocenters. The third-order valence-electron chi connectivity index (χ3n) is 2.79. The van der Waals surface area contributed by atoms with Crippen LogP contribution in [-0.2, 0) is 0 Å². The first kappa shape index (κ1) is 14.0. The number of ether oxygens (including phenoxy) is 1. The maximum Gasteiger partial charge on any atom is 0.272 e. The summed E-state index contributed by atoms with van der Waals surface area (Å²) in [5.41, 5.74) is 1.14. The summed E-state index contributed by atoms with van der Waals surface area (Å²) in [5.74, 6) is 1.00. The van der Waals surface area contributed by atoms with Crippen LogP contribution < -0.4 is 4.74 Å². The zero-order chi connectivity index (χ0) is 14.7. The van der Waals surface area contributed by atoms with E-state index in [1.54, 1.807) is 32.0 Å². The highest BCUT2D eigenvalue weighted by Crippen LogP contribution is 2.27. The van der Waals surface area contributed by atoms with E-state index < -0.39 is 11.0 Å². The third kappa shape index (κ3) is 3.10. The fraction of sp³-hybridized carbons (Fsp3) is 0.214. The molecule has 1 atom stereocenters. The van der Waals surface area contributed by atoms with E-state index in [1.807, 2.05) is 0 Å². The Morgan fingerprint density at radius 1 is 1.30 bits per heavy atom. The first-order valence-corrected chi connectivity index (χ1v) is 6.04. The molecule has 6 heteroatoms.